The fourth-order valence-corrected chi connectivity index (χ4v) is 11.1. The third-order valence-corrected chi connectivity index (χ3v) is 16.5. The molecule has 2 aliphatic heterocycles. The van der Waals surface area contributed by atoms with E-state index in [1.165, 1.54) is 97.1 Å². The topological polar surface area (TPSA) is 283 Å². The predicted octanol–water partition coefficient (Wildman–Crippen LogP) is 9.43. The maximum absolute atomic E-state index is 14.8. The van der Waals surface area contributed by atoms with Crippen molar-refractivity contribution in [2.45, 2.75) is 73.2 Å². The van der Waals surface area contributed by atoms with Crippen molar-refractivity contribution in [2.24, 2.45) is 0 Å². The van der Waals surface area contributed by atoms with Crippen LogP contribution < -0.4 is 0 Å². The van der Waals surface area contributed by atoms with Gasteiger partial charge < -0.3 is 61.6 Å². The van der Waals surface area contributed by atoms with Crippen LogP contribution in [0.5, 0.6) is 0 Å². The molecule has 0 aliphatic carbocycles. The Bertz CT molecular complexity index is 4010. The van der Waals surface area contributed by atoms with Crippen molar-refractivity contribution < 1.29 is 108 Å². The van der Waals surface area contributed by atoms with Gasteiger partial charge in [0.1, 0.15) is 31.5 Å². The number of carbonyl (C=O) groups is 7. The minimum atomic E-state index is -4.04. The van der Waals surface area contributed by atoms with Gasteiger partial charge in [-0.05, 0) is 104 Å². The Labute approximate surface area is 564 Å². The van der Waals surface area contributed by atoms with E-state index in [0.717, 1.165) is 5.56 Å². The van der Waals surface area contributed by atoms with Crippen LogP contribution in [0.25, 0.3) is 0 Å². The summed E-state index contributed by atoms with van der Waals surface area (Å²) in [6.07, 6.45) is -18.8. The lowest BCUT2D eigenvalue weighted by Gasteiger charge is -2.48. The van der Waals surface area contributed by atoms with Crippen molar-refractivity contribution in [3.05, 3.63) is 281 Å². The van der Waals surface area contributed by atoms with E-state index in [1.807, 2.05) is 6.92 Å². The highest BCUT2D eigenvalue weighted by molar-refractivity contribution is 7.86. The standard InChI is InChI=1S/C74H68O23S/c1-49-37-39-57(40-38-49)98(82,83)89-46-44-85-42-41-84-43-45-86-73-64(95-71(80)55-33-19-7-20-34-55)63(94-70(79)54-31-17-6-18-32-54)61(59(90-73)48-88-67(76)51-25-11-3-12-26-51)97-74-65(96-72(81)56-35-21-8-22-36-56)62(93-69(78)53-29-15-5-16-30-53)60(92-68(77)52-27-13-4-14-28-52)58(91-74)47-87-66(75)50-23-9-2-10-24-50/h2-40,58-65,73-74H,41-48H2,1H3/t58-,59-,60+,61-,62+,63+,64-,65-,73-,74+/m1/s1. The van der Waals surface area contributed by atoms with E-state index in [-0.39, 0.29) is 83.5 Å². The van der Waals surface area contributed by atoms with Crippen LogP contribution in [-0.2, 0) is 75.9 Å². The van der Waals surface area contributed by atoms with E-state index < -0.39 is 127 Å². The second kappa shape index (κ2) is 35.1. The number of hydrogen-bond donors (Lipinski definition) is 0. The molecule has 24 heteroatoms. The average molecular weight is 1360 g/mol. The second-order valence-electron chi connectivity index (χ2n) is 22.0. The van der Waals surface area contributed by atoms with Crippen LogP contribution >= 0.6 is 0 Å². The molecule has 0 unspecified atom stereocenters. The highest BCUT2D eigenvalue weighted by Gasteiger charge is 2.58. The molecule has 23 nitrogen and oxygen atoms in total. The predicted molar refractivity (Wildman–Crippen MR) is 346 cm³/mol. The monoisotopic (exact) mass is 1360 g/mol. The molecule has 10 rings (SSSR count). The van der Waals surface area contributed by atoms with E-state index in [0.29, 0.717) is 0 Å². The van der Waals surface area contributed by atoms with Gasteiger partial charge in [-0.2, -0.15) is 8.42 Å². The number of ether oxygens (including phenoxy) is 13. The first-order chi connectivity index (χ1) is 47.7. The average Bonchev–Trinajstić information content (AvgIpc) is 0.761. The molecular formula is C74H68O23S. The summed E-state index contributed by atoms with van der Waals surface area (Å²) in [5.41, 5.74) is 1.07. The summed E-state index contributed by atoms with van der Waals surface area (Å²) in [6.45, 7) is -0.654. The van der Waals surface area contributed by atoms with Gasteiger partial charge in [0.15, 0.2) is 43.1 Å². The fourth-order valence-electron chi connectivity index (χ4n) is 10.2. The highest BCUT2D eigenvalue weighted by Crippen LogP contribution is 2.37. The molecule has 98 heavy (non-hydrogen) atoms. The molecule has 8 aromatic carbocycles. The van der Waals surface area contributed by atoms with Gasteiger partial charge in [0, 0.05) is 0 Å². The van der Waals surface area contributed by atoms with Crippen LogP contribution in [-0.4, -0.2) is 164 Å². The summed E-state index contributed by atoms with van der Waals surface area (Å²) >= 11 is 0. The lowest BCUT2D eigenvalue weighted by Crippen LogP contribution is -2.67. The van der Waals surface area contributed by atoms with Crippen LogP contribution in [0.2, 0.25) is 0 Å². The molecule has 0 saturated carbocycles. The molecule has 0 N–H and O–H groups in total. The second-order valence-corrected chi connectivity index (χ2v) is 23.6. The quantitative estimate of drug-likeness (QED) is 0.0175. The van der Waals surface area contributed by atoms with Crippen LogP contribution in [0.3, 0.4) is 0 Å². The SMILES string of the molecule is Cc1ccc(S(=O)(=O)OCCOCCOCCO[C@@H]2O[C@H](COC(=O)c3ccccc3)[C@@H](O[C@@H]3O[C@H](COC(=O)c4ccccc4)[C@H](OC(=O)c4ccccc4)[C@H](OC(=O)c4ccccc4)[C@H]3OC(=O)c3ccccc3)[C@H](OC(=O)c3ccccc3)[C@H]2OC(=O)c2ccccc2)cc1. The maximum atomic E-state index is 14.8. The molecule has 0 radical (unpaired) electrons. The van der Waals surface area contributed by atoms with Crippen molar-refractivity contribution in [2.75, 3.05) is 52.9 Å². The number of esters is 7. The van der Waals surface area contributed by atoms with E-state index >= 15 is 0 Å². The summed E-state index contributed by atoms with van der Waals surface area (Å²) in [4.78, 5) is 101. The summed E-state index contributed by atoms with van der Waals surface area (Å²) in [5, 5.41) is 0. The number of carbonyl (C=O) groups excluding carboxylic acids is 7. The van der Waals surface area contributed by atoms with Crippen LogP contribution in [0.4, 0.5) is 0 Å². The number of aryl methyl sites for hydroxylation is 1. The third kappa shape index (κ3) is 19.5. The molecule has 508 valence electrons. The van der Waals surface area contributed by atoms with Gasteiger partial charge in [0.05, 0.1) is 83.5 Å². The number of benzene rings is 8. The normalized spacial score (nSPS) is 20.5. The van der Waals surface area contributed by atoms with Gasteiger partial charge in [-0.1, -0.05) is 145 Å². The molecule has 2 fully saturated rings. The van der Waals surface area contributed by atoms with Gasteiger partial charge in [0.2, 0.25) is 0 Å². The Morgan fingerprint density at radius 3 is 1.01 bits per heavy atom. The first-order valence-electron chi connectivity index (χ1n) is 31.1. The van der Waals surface area contributed by atoms with Gasteiger partial charge in [-0.25, -0.2) is 33.6 Å². The lowest BCUT2D eigenvalue weighted by atomic mass is 9.95. The van der Waals surface area contributed by atoms with Crippen LogP contribution in [0.15, 0.2) is 241 Å². The highest BCUT2D eigenvalue weighted by atomic mass is 32.2. The molecule has 2 saturated heterocycles. The number of rotatable bonds is 30. The van der Waals surface area contributed by atoms with E-state index in [2.05, 4.69) is 0 Å². The van der Waals surface area contributed by atoms with Gasteiger partial charge in [-0.15, -0.1) is 0 Å². The largest absolute Gasteiger partial charge is 0.459 e. The Hall–Kier alpha value is -10.3. The fraction of sp³-hybridized carbons (Fsp3) is 0.257. The Morgan fingerprint density at radius 2 is 0.622 bits per heavy atom. The first-order valence-corrected chi connectivity index (χ1v) is 32.5. The minimum Gasteiger partial charge on any atom is -0.459 e. The van der Waals surface area contributed by atoms with E-state index in [4.69, 9.17) is 65.8 Å². The van der Waals surface area contributed by atoms with Gasteiger partial charge >= 0.3 is 41.8 Å². The molecule has 8 aromatic rings. The van der Waals surface area contributed by atoms with Crippen molar-refractivity contribution in [1.29, 1.82) is 0 Å². The summed E-state index contributed by atoms with van der Waals surface area (Å²) < 4.78 is 113. The van der Waals surface area contributed by atoms with Crippen LogP contribution in [0, 0.1) is 6.92 Å². The summed E-state index contributed by atoms with van der Waals surface area (Å²) in [6, 6.07) is 60.4. The zero-order valence-electron chi connectivity index (χ0n) is 52.7. The molecule has 0 aromatic heterocycles. The maximum Gasteiger partial charge on any atom is 0.338 e. The Kier molecular flexibility index (Phi) is 25.3. The number of hydrogen-bond acceptors (Lipinski definition) is 23. The zero-order valence-corrected chi connectivity index (χ0v) is 53.6. The smallest absolute Gasteiger partial charge is 0.338 e. The van der Waals surface area contributed by atoms with Crippen molar-refractivity contribution in [3.8, 4) is 0 Å². The van der Waals surface area contributed by atoms with Gasteiger partial charge in [-0.3, -0.25) is 4.18 Å². The molecule has 10 atom stereocenters. The summed E-state index contributed by atoms with van der Waals surface area (Å²) in [7, 11) is -4.04. The molecular weight excluding hydrogens is 1290 g/mol. The first kappa shape index (κ1) is 70.5. The Balaban J connectivity index is 1.03. The third-order valence-electron chi connectivity index (χ3n) is 15.2. The Morgan fingerprint density at radius 1 is 0.327 bits per heavy atom. The molecule has 0 amide bonds. The zero-order chi connectivity index (χ0) is 68.6. The van der Waals surface area contributed by atoms with Gasteiger partial charge in [0.25, 0.3) is 10.1 Å². The van der Waals surface area contributed by atoms with Crippen molar-refractivity contribution >= 4 is 51.9 Å². The molecule has 2 heterocycles. The van der Waals surface area contributed by atoms with Crippen LogP contribution in [0.1, 0.15) is 78.1 Å². The van der Waals surface area contributed by atoms with E-state index in [1.54, 1.807) is 140 Å². The minimum absolute atomic E-state index is 0.00723. The van der Waals surface area contributed by atoms with Crippen molar-refractivity contribution in [3.63, 3.8) is 0 Å². The van der Waals surface area contributed by atoms with E-state index in [9.17, 15) is 42.0 Å². The van der Waals surface area contributed by atoms with Crippen molar-refractivity contribution in [1.82, 2.24) is 0 Å². The molecule has 0 bridgehead atoms. The summed E-state index contributed by atoms with van der Waals surface area (Å²) in [5.74, 6) is -6.79. The molecule has 0 spiro atoms. The lowest BCUT2D eigenvalue weighted by molar-refractivity contribution is -0.356. The molecule has 2 aliphatic rings.